The van der Waals surface area contributed by atoms with Crippen molar-refractivity contribution in [3.8, 4) is 0 Å². The topological polar surface area (TPSA) is 20.2 Å². The van der Waals surface area contributed by atoms with E-state index in [1.807, 2.05) is 0 Å². The third kappa shape index (κ3) is 3.56. The first-order valence-electron chi connectivity index (χ1n) is 5.69. The number of hydrogen-bond donors (Lipinski definition) is 1. The number of benzene rings is 2. The molecule has 0 saturated heterocycles. The SMILES string of the molecule is OC(CSc1cccc(F)c1)c1c(F)ccc(Br)c1F. The van der Waals surface area contributed by atoms with Crippen molar-refractivity contribution in [1.82, 2.24) is 0 Å². The Bertz CT molecular complexity index is 621. The predicted octanol–water partition coefficient (Wildman–Crippen LogP) is 4.69. The van der Waals surface area contributed by atoms with Crippen LogP contribution in [0.25, 0.3) is 0 Å². The summed E-state index contributed by atoms with van der Waals surface area (Å²) in [4.78, 5) is 0.583. The molecule has 0 saturated carbocycles. The van der Waals surface area contributed by atoms with Gasteiger partial charge in [0.05, 0.1) is 16.1 Å². The van der Waals surface area contributed by atoms with E-state index in [-0.39, 0.29) is 15.8 Å². The summed E-state index contributed by atoms with van der Waals surface area (Å²) in [7, 11) is 0. The molecule has 2 aromatic rings. The van der Waals surface area contributed by atoms with Crippen LogP contribution in [-0.2, 0) is 0 Å². The number of hydrogen-bond acceptors (Lipinski definition) is 2. The molecular weight excluding hydrogens is 353 g/mol. The quantitative estimate of drug-likeness (QED) is 0.628. The van der Waals surface area contributed by atoms with Crippen LogP contribution in [0.4, 0.5) is 13.2 Å². The molecule has 0 aliphatic rings. The summed E-state index contributed by atoms with van der Waals surface area (Å²) < 4.78 is 40.4. The smallest absolute Gasteiger partial charge is 0.146 e. The second-order valence-electron chi connectivity index (χ2n) is 4.04. The van der Waals surface area contributed by atoms with Crippen LogP contribution < -0.4 is 0 Å². The summed E-state index contributed by atoms with van der Waals surface area (Å²) in [6.07, 6.45) is -1.32. The van der Waals surface area contributed by atoms with E-state index < -0.39 is 23.6 Å². The van der Waals surface area contributed by atoms with Crippen LogP contribution in [0.1, 0.15) is 11.7 Å². The predicted molar refractivity (Wildman–Crippen MR) is 76.1 cm³/mol. The van der Waals surface area contributed by atoms with E-state index in [1.54, 1.807) is 6.07 Å². The summed E-state index contributed by atoms with van der Waals surface area (Å²) in [5.41, 5.74) is -0.386. The van der Waals surface area contributed by atoms with E-state index in [4.69, 9.17) is 0 Å². The molecular formula is C14H10BrF3OS. The molecule has 0 aliphatic heterocycles. The van der Waals surface area contributed by atoms with Gasteiger partial charge in [-0.05, 0) is 46.3 Å². The lowest BCUT2D eigenvalue weighted by molar-refractivity contribution is 0.193. The minimum atomic E-state index is -1.32. The third-order valence-corrected chi connectivity index (χ3v) is 4.30. The second kappa shape index (κ2) is 6.65. The highest BCUT2D eigenvalue weighted by atomic mass is 79.9. The van der Waals surface area contributed by atoms with Gasteiger partial charge in [0.15, 0.2) is 0 Å². The van der Waals surface area contributed by atoms with E-state index in [0.717, 1.165) is 17.8 Å². The van der Waals surface area contributed by atoms with Crippen molar-refractivity contribution in [2.45, 2.75) is 11.0 Å². The Balaban J connectivity index is 2.13. The summed E-state index contributed by atoms with van der Waals surface area (Å²) in [5.74, 6) is -2.01. The molecule has 1 N–H and O–H groups in total. The van der Waals surface area contributed by atoms with E-state index in [1.165, 1.54) is 24.3 Å². The maximum Gasteiger partial charge on any atom is 0.146 e. The maximum atomic E-state index is 13.8. The van der Waals surface area contributed by atoms with Crippen LogP contribution in [0.5, 0.6) is 0 Å². The van der Waals surface area contributed by atoms with Crippen LogP contribution in [0.3, 0.4) is 0 Å². The molecule has 0 radical (unpaired) electrons. The Labute approximate surface area is 126 Å². The Morgan fingerprint density at radius 1 is 1.15 bits per heavy atom. The number of aliphatic hydroxyl groups is 1. The van der Waals surface area contributed by atoms with Crippen molar-refractivity contribution < 1.29 is 18.3 Å². The molecule has 1 unspecified atom stereocenters. The molecule has 6 heteroatoms. The zero-order valence-electron chi connectivity index (χ0n) is 10.1. The van der Waals surface area contributed by atoms with Gasteiger partial charge >= 0.3 is 0 Å². The second-order valence-corrected chi connectivity index (χ2v) is 5.99. The zero-order valence-corrected chi connectivity index (χ0v) is 12.5. The van der Waals surface area contributed by atoms with Gasteiger partial charge in [-0.3, -0.25) is 0 Å². The van der Waals surface area contributed by atoms with E-state index >= 15 is 0 Å². The summed E-state index contributed by atoms with van der Waals surface area (Å²) in [5, 5.41) is 9.92. The molecule has 0 bridgehead atoms. The normalized spacial score (nSPS) is 12.4. The van der Waals surface area contributed by atoms with E-state index in [0.29, 0.717) is 4.90 Å². The first kappa shape index (κ1) is 15.4. The molecule has 0 spiro atoms. The van der Waals surface area contributed by atoms with Gasteiger partial charge < -0.3 is 5.11 Å². The first-order chi connectivity index (χ1) is 9.49. The highest BCUT2D eigenvalue weighted by Gasteiger charge is 2.20. The van der Waals surface area contributed by atoms with Crippen molar-refractivity contribution >= 4 is 27.7 Å². The van der Waals surface area contributed by atoms with Crippen molar-refractivity contribution in [3.63, 3.8) is 0 Å². The maximum absolute atomic E-state index is 13.8. The minimum Gasteiger partial charge on any atom is -0.387 e. The van der Waals surface area contributed by atoms with Crippen LogP contribution in [0.2, 0.25) is 0 Å². The molecule has 1 atom stereocenters. The third-order valence-electron chi connectivity index (χ3n) is 2.62. The Kier molecular flexibility index (Phi) is 5.12. The molecule has 2 aromatic carbocycles. The molecule has 106 valence electrons. The van der Waals surface area contributed by atoms with Crippen molar-refractivity contribution in [3.05, 3.63) is 63.9 Å². The zero-order chi connectivity index (χ0) is 14.7. The standard InChI is InChI=1S/C14H10BrF3OS/c15-10-4-5-11(17)13(14(10)18)12(19)7-20-9-3-1-2-8(16)6-9/h1-6,12,19H,7H2. The van der Waals surface area contributed by atoms with E-state index in [2.05, 4.69) is 15.9 Å². The van der Waals surface area contributed by atoms with Gasteiger partial charge in [0.1, 0.15) is 17.5 Å². The monoisotopic (exact) mass is 362 g/mol. The number of halogens is 4. The number of thioether (sulfide) groups is 1. The molecule has 2 rings (SSSR count). The average Bonchev–Trinajstić information content (AvgIpc) is 2.41. The van der Waals surface area contributed by atoms with Crippen LogP contribution in [0, 0.1) is 17.5 Å². The molecule has 20 heavy (non-hydrogen) atoms. The highest BCUT2D eigenvalue weighted by molar-refractivity contribution is 9.10. The molecule has 0 heterocycles. The molecule has 0 aliphatic carbocycles. The van der Waals surface area contributed by atoms with Gasteiger partial charge in [0.2, 0.25) is 0 Å². The van der Waals surface area contributed by atoms with Gasteiger partial charge in [-0.1, -0.05) is 6.07 Å². The van der Waals surface area contributed by atoms with Crippen LogP contribution >= 0.6 is 27.7 Å². The van der Waals surface area contributed by atoms with Crippen molar-refractivity contribution in [2.24, 2.45) is 0 Å². The lowest BCUT2D eigenvalue weighted by Crippen LogP contribution is -2.07. The van der Waals surface area contributed by atoms with Gasteiger partial charge in [0.25, 0.3) is 0 Å². The van der Waals surface area contributed by atoms with Crippen molar-refractivity contribution in [2.75, 3.05) is 5.75 Å². The number of aliphatic hydroxyl groups excluding tert-OH is 1. The minimum absolute atomic E-state index is 0.0216. The average molecular weight is 363 g/mol. The largest absolute Gasteiger partial charge is 0.387 e. The number of rotatable bonds is 4. The van der Waals surface area contributed by atoms with Gasteiger partial charge in [-0.25, -0.2) is 13.2 Å². The Morgan fingerprint density at radius 3 is 2.60 bits per heavy atom. The van der Waals surface area contributed by atoms with Crippen LogP contribution in [0.15, 0.2) is 45.8 Å². The fourth-order valence-corrected chi connectivity index (χ4v) is 2.90. The first-order valence-corrected chi connectivity index (χ1v) is 7.46. The lowest BCUT2D eigenvalue weighted by Gasteiger charge is -2.13. The lowest BCUT2D eigenvalue weighted by atomic mass is 10.1. The summed E-state index contributed by atoms with van der Waals surface area (Å²) in [6.45, 7) is 0. The van der Waals surface area contributed by atoms with Gasteiger partial charge in [-0.2, -0.15) is 0 Å². The fourth-order valence-electron chi connectivity index (χ4n) is 1.66. The van der Waals surface area contributed by atoms with Gasteiger partial charge in [-0.15, -0.1) is 11.8 Å². The summed E-state index contributed by atoms with van der Waals surface area (Å²) in [6, 6.07) is 8.11. The molecule has 0 fully saturated rings. The van der Waals surface area contributed by atoms with E-state index in [9.17, 15) is 18.3 Å². The van der Waals surface area contributed by atoms with Crippen molar-refractivity contribution in [1.29, 1.82) is 0 Å². The summed E-state index contributed by atoms with van der Waals surface area (Å²) >= 11 is 4.07. The van der Waals surface area contributed by atoms with Gasteiger partial charge in [0, 0.05) is 10.6 Å². The molecule has 0 aromatic heterocycles. The molecule has 0 amide bonds. The van der Waals surface area contributed by atoms with Crippen LogP contribution in [-0.4, -0.2) is 10.9 Å². The Hall–Kier alpha value is -0.980. The highest BCUT2D eigenvalue weighted by Crippen LogP contribution is 2.30. The Morgan fingerprint density at radius 2 is 1.90 bits per heavy atom. The fraction of sp³-hybridized carbons (Fsp3) is 0.143. The molecule has 1 nitrogen and oxygen atoms in total.